The molecule has 11 nitrogen and oxygen atoms in total. The number of hydrogen-bond donors (Lipinski definition) is 2. The minimum absolute atomic E-state index is 0.0807. The monoisotopic (exact) mass is 482 g/mol. The van der Waals surface area contributed by atoms with Crippen molar-refractivity contribution in [2.45, 2.75) is 25.1 Å². The van der Waals surface area contributed by atoms with E-state index < -0.39 is 15.6 Å². The van der Waals surface area contributed by atoms with E-state index >= 15 is 0 Å². The molecule has 3 aromatic rings. The Hall–Kier alpha value is -4.06. The second-order valence-electron chi connectivity index (χ2n) is 8.35. The standard InChI is InChI=1S/C22H22N6O5S/c1-22(2,12-33-17-5-3-4-15-11-34(31,32)27-20(23)19(15)17)26-21(30)14-6-7-24-18(8-14)28-9-16(10-29)25-13-28/h3-10,13H,11-12H2,1-2H3,(H2,23,27)(H,26,30). The second-order valence-corrected chi connectivity index (χ2v) is 9.98. The van der Waals surface area contributed by atoms with Crippen LogP contribution in [-0.4, -0.2) is 53.1 Å². The number of aromatic nitrogens is 3. The van der Waals surface area contributed by atoms with Crippen LogP contribution in [0.15, 0.2) is 53.5 Å². The molecule has 176 valence electrons. The van der Waals surface area contributed by atoms with Crippen LogP contribution >= 0.6 is 0 Å². The van der Waals surface area contributed by atoms with Crippen LogP contribution in [0, 0.1) is 0 Å². The van der Waals surface area contributed by atoms with E-state index in [1.807, 2.05) is 0 Å². The Kier molecular flexibility index (Phi) is 5.92. The predicted octanol–water partition coefficient (Wildman–Crippen LogP) is 1.22. The minimum atomic E-state index is -3.65. The fourth-order valence-corrected chi connectivity index (χ4v) is 4.52. The fraction of sp³-hybridized carbons (Fsp3) is 0.227. The summed E-state index contributed by atoms with van der Waals surface area (Å²) < 4.78 is 34.8. The lowest BCUT2D eigenvalue weighted by Crippen LogP contribution is -2.48. The van der Waals surface area contributed by atoms with Crippen molar-refractivity contribution < 1.29 is 22.7 Å². The van der Waals surface area contributed by atoms with Crippen LogP contribution in [0.4, 0.5) is 0 Å². The molecule has 0 radical (unpaired) electrons. The number of aldehydes is 1. The Bertz CT molecular complexity index is 1410. The maximum absolute atomic E-state index is 12.9. The molecule has 0 unspecified atom stereocenters. The predicted molar refractivity (Wildman–Crippen MR) is 124 cm³/mol. The van der Waals surface area contributed by atoms with Crippen molar-refractivity contribution in [1.29, 1.82) is 0 Å². The molecule has 0 atom stereocenters. The number of imidazole rings is 1. The summed E-state index contributed by atoms with van der Waals surface area (Å²) in [4.78, 5) is 31.9. The zero-order chi connectivity index (χ0) is 24.5. The molecule has 1 aliphatic rings. The van der Waals surface area contributed by atoms with Crippen LogP contribution in [0.25, 0.3) is 5.82 Å². The van der Waals surface area contributed by atoms with Gasteiger partial charge in [-0.1, -0.05) is 12.1 Å². The average molecular weight is 483 g/mol. The highest BCUT2D eigenvalue weighted by molar-refractivity contribution is 7.89. The van der Waals surface area contributed by atoms with Crippen molar-refractivity contribution in [2.75, 3.05) is 6.61 Å². The summed E-state index contributed by atoms with van der Waals surface area (Å²) in [6.45, 7) is 3.66. The van der Waals surface area contributed by atoms with Gasteiger partial charge >= 0.3 is 0 Å². The third-order valence-electron chi connectivity index (χ3n) is 4.98. The molecular weight excluding hydrogens is 460 g/mol. The summed E-state index contributed by atoms with van der Waals surface area (Å²) in [5.41, 5.74) is 6.64. The van der Waals surface area contributed by atoms with Gasteiger partial charge in [-0.25, -0.2) is 18.4 Å². The molecule has 2 aromatic heterocycles. The summed E-state index contributed by atoms with van der Waals surface area (Å²) in [6, 6.07) is 8.16. The number of ether oxygens (including phenoxy) is 1. The number of benzene rings is 1. The number of nitrogens with zero attached hydrogens (tertiary/aromatic N) is 4. The van der Waals surface area contributed by atoms with Gasteiger partial charge < -0.3 is 15.8 Å². The highest BCUT2D eigenvalue weighted by Gasteiger charge is 2.27. The van der Waals surface area contributed by atoms with Crippen LogP contribution in [0.2, 0.25) is 0 Å². The minimum Gasteiger partial charge on any atom is -0.490 e. The third kappa shape index (κ3) is 4.96. The van der Waals surface area contributed by atoms with E-state index in [2.05, 4.69) is 19.7 Å². The molecule has 0 saturated heterocycles. The van der Waals surface area contributed by atoms with Gasteiger partial charge in [-0.05, 0) is 37.6 Å². The zero-order valence-electron chi connectivity index (χ0n) is 18.4. The molecule has 0 saturated carbocycles. The molecule has 12 heteroatoms. The molecule has 0 bridgehead atoms. The average Bonchev–Trinajstić information content (AvgIpc) is 3.26. The summed E-state index contributed by atoms with van der Waals surface area (Å²) >= 11 is 0. The first kappa shape index (κ1) is 23.1. The maximum atomic E-state index is 12.9. The second kappa shape index (κ2) is 8.71. The Labute approximate surface area is 195 Å². The van der Waals surface area contributed by atoms with Crippen molar-refractivity contribution in [2.24, 2.45) is 10.1 Å². The number of sulfonamides is 1. The number of nitrogens with one attached hydrogen (secondary N) is 1. The number of pyridine rings is 1. The number of fused-ring (bicyclic) bond motifs is 1. The number of nitrogens with two attached hydrogens (primary N) is 1. The van der Waals surface area contributed by atoms with Crippen molar-refractivity contribution in [3.05, 3.63) is 71.4 Å². The Morgan fingerprint density at radius 1 is 1.29 bits per heavy atom. The van der Waals surface area contributed by atoms with Gasteiger partial charge in [0.1, 0.15) is 36.0 Å². The van der Waals surface area contributed by atoms with E-state index in [1.165, 1.54) is 18.7 Å². The van der Waals surface area contributed by atoms with Crippen molar-refractivity contribution in [3.63, 3.8) is 0 Å². The van der Waals surface area contributed by atoms with Gasteiger partial charge in [0.15, 0.2) is 6.29 Å². The molecule has 0 aliphatic carbocycles. The summed E-state index contributed by atoms with van der Waals surface area (Å²) in [7, 11) is -3.65. The molecule has 1 aromatic carbocycles. The summed E-state index contributed by atoms with van der Waals surface area (Å²) in [6.07, 6.45) is 5.06. The van der Waals surface area contributed by atoms with Crippen molar-refractivity contribution in [1.82, 2.24) is 19.9 Å². The van der Waals surface area contributed by atoms with Crippen LogP contribution < -0.4 is 15.8 Å². The SMILES string of the molecule is CC(C)(COc1cccc2c1C(N)=NS(=O)(=O)C2)NC(=O)c1ccnc(-n2cnc(C=O)c2)c1. The molecule has 0 spiro atoms. The Balaban J connectivity index is 1.47. The molecule has 1 amide bonds. The number of hydrogen-bond acceptors (Lipinski definition) is 8. The van der Waals surface area contributed by atoms with Gasteiger partial charge in [0.25, 0.3) is 15.9 Å². The van der Waals surface area contributed by atoms with Gasteiger partial charge in [0.2, 0.25) is 0 Å². The first-order chi connectivity index (χ1) is 16.1. The topological polar surface area (TPSA) is 159 Å². The van der Waals surface area contributed by atoms with Crippen molar-refractivity contribution >= 4 is 28.1 Å². The summed E-state index contributed by atoms with van der Waals surface area (Å²) in [5.74, 6) is 0.0855. The number of rotatable bonds is 7. The number of amidine groups is 1. The zero-order valence-corrected chi connectivity index (χ0v) is 19.2. The highest BCUT2D eigenvalue weighted by Crippen LogP contribution is 2.28. The van der Waals surface area contributed by atoms with Gasteiger partial charge in [-0.15, -0.1) is 4.40 Å². The number of carbonyl (C=O) groups is 2. The quantitative estimate of drug-likeness (QED) is 0.476. The van der Waals surface area contributed by atoms with E-state index in [0.29, 0.717) is 34.5 Å². The smallest absolute Gasteiger partial charge is 0.259 e. The first-order valence-electron chi connectivity index (χ1n) is 10.2. The van der Waals surface area contributed by atoms with Crippen LogP contribution in [-0.2, 0) is 15.8 Å². The van der Waals surface area contributed by atoms with Gasteiger partial charge in [-0.2, -0.15) is 0 Å². The third-order valence-corrected chi connectivity index (χ3v) is 6.13. The van der Waals surface area contributed by atoms with Gasteiger partial charge in [-0.3, -0.25) is 14.2 Å². The lowest BCUT2D eigenvalue weighted by Gasteiger charge is -2.27. The fourth-order valence-electron chi connectivity index (χ4n) is 3.43. The normalized spacial score (nSPS) is 14.6. The van der Waals surface area contributed by atoms with E-state index in [0.717, 1.165) is 0 Å². The van der Waals surface area contributed by atoms with Gasteiger partial charge in [0, 0.05) is 18.0 Å². The molecular formula is C22H22N6O5S. The molecule has 1 aliphatic heterocycles. The Morgan fingerprint density at radius 2 is 2.09 bits per heavy atom. The largest absolute Gasteiger partial charge is 0.490 e. The molecule has 3 heterocycles. The Morgan fingerprint density at radius 3 is 2.82 bits per heavy atom. The molecule has 34 heavy (non-hydrogen) atoms. The molecule has 4 rings (SSSR count). The number of amides is 1. The lowest BCUT2D eigenvalue weighted by molar-refractivity contribution is 0.0880. The van der Waals surface area contributed by atoms with Crippen LogP contribution in [0.1, 0.15) is 45.8 Å². The summed E-state index contributed by atoms with van der Waals surface area (Å²) in [5, 5.41) is 2.91. The lowest BCUT2D eigenvalue weighted by atomic mass is 10.0. The first-order valence-corrected chi connectivity index (χ1v) is 11.8. The molecule has 3 N–H and O–H groups in total. The van der Waals surface area contributed by atoms with E-state index in [9.17, 15) is 18.0 Å². The molecule has 0 fully saturated rings. The van der Waals surface area contributed by atoms with Crippen LogP contribution in [0.5, 0.6) is 5.75 Å². The maximum Gasteiger partial charge on any atom is 0.259 e. The van der Waals surface area contributed by atoms with E-state index in [1.54, 1.807) is 48.7 Å². The van der Waals surface area contributed by atoms with Gasteiger partial charge in [0.05, 0.1) is 16.9 Å². The van der Waals surface area contributed by atoms with E-state index in [-0.39, 0.29) is 29.8 Å². The van der Waals surface area contributed by atoms with Crippen molar-refractivity contribution in [3.8, 4) is 11.6 Å². The number of carbonyl (C=O) groups excluding carboxylic acids is 2. The highest BCUT2D eigenvalue weighted by atomic mass is 32.2. The van der Waals surface area contributed by atoms with Crippen LogP contribution in [0.3, 0.4) is 0 Å². The van der Waals surface area contributed by atoms with E-state index in [4.69, 9.17) is 10.5 Å².